The molecule has 0 aliphatic heterocycles. The summed E-state index contributed by atoms with van der Waals surface area (Å²) in [5.74, 6) is -0.554. The normalized spacial score (nSPS) is 11.6. The Labute approximate surface area is 157 Å². The summed E-state index contributed by atoms with van der Waals surface area (Å²) in [6.45, 7) is 2.12. The maximum Gasteiger partial charge on any atom is 0.325 e. The summed E-state index contributed by atoms with van der Waals surface area (Å²) in [5, 5.41) is 0.314. The molecule has 2 aromatic carbocycles. The summed E-state index contributed by atoms with van der Waals surface area (Å²) in [5.41, 5.74) is 0.962. The monoisotopic (exact) mass is 377 g/mol. The summed E-state index contributed by atoms with van der Waals surface area (Å²) >= 11 is 7.32. The predicted molar refractivity (Wildman–Crippen MR) is 101 cm³/mol. The number of benzene rings is 2. The van der Waals surface area contributed by atoms with Crippen molar-refractivity contribution >= 4 is 35.2 Å². The molecule has 132 valence electrons. The van der Waals surface area contributed by atoms with Crippen LogP contribution < -0.4 is 0 Å². The van der Waals surface area contributed by atoms with Gasteiger partial charge in [-0.25, -0.2) is 0 Å². The van der Waals surface area contributed by atoms with Gasteiger partial charge in [0, 0.05) is 16.5 Å². The number of thioether (sulfide) groups is 1. The van der Waals surface area contributed by atoms with Gasteiger partial charge < -0.3 is 9.64 Å². The van der Waals surface area contributed by atoms with Gasteiger partial charge in [0.2, 0.25) is 5.91 Å². The lowest BCUT2D eigenvalue weighted by Crippen LogP contribution is -2.40. The fourth-order valence-electron chi connectivity index (χ4n) is 2.26. The van der Waals surface area contributed by atoms with E-state index in [1.165, 1.54) is 23.8 Å². The molecule has 25 heavy (non-hydrogen) atoms. The van der Waals surface area contributed by atoms with Crippen LogP contribution in [0.25, 0.3) is 0 Å². The quantitative estimate of drug-likeness (QED) is 0.540. The van der Waals surface area contributed by atoms with Crippen molar-refractivity contribution in [3.63, 3.8) is 0 Å². The van der Waals surface area contributed by atoms with Crippen molar-refractivity contribution in [2.75, 3.05) is 13.7 Å². The molecular weight excluding hydrogens is 358 g/mol. The molecule has 0 radical (unpaired) electrons. The van der Waals surface area contributed by atoms with Crippen LogP contribution in [0.1, 0.15) is 12.5 Å². The highest BCUT2D eigenvalue weighted by Crippen LogP contribution is 2.26. The Morgan fingerprint density at radius 3 is 2.36 bits per heavy atom. The van der Waals surface area contributed by atoms with E-state index in [-0.39, 0.29) is 17.7 Å². The molecule has 0 bridgehead atoms. The van der Waals surface area contributed by atoms with E-state index in [1.807, 2.05) is 49.4 Å². The van der Waals surface area contributed by atoms with Crippen LogP contribution in [0.2, 0.25) is 5.02 Å². The van der Waals surface area contributed by atoms with Crippen molar-refractivity contribution in [3.8, 4) is 0 Å². The van der Waals surface area contributed by atoms with E-state index in [0.29, 0.717) is 11.6 Å². The molecule has 0 fully saturated rings. The van der Waals surface area contributed by atoms with Crippen LogP contribution in [0, 0.1) is 0 Å². The lowest BCUT2D eigenvalue weighted by Gasteiger charge is -2.24. The summed E-state index contributed by atoms with van der Waals surface area (Å²) in [6, 6.07) is 16.9. The highest BCUT2D eigenvalue weighted by Gasteiger charge is 2.24. The highest BCUT2D eigenvalue weighted by atomic mass is 35.5. The van der Waals surface area contributed by atoms with Crippen molar-refractivity contribution in [1.82, 2.24) is 4.90 Å². The Morgan fingerprint density at radius 1 is 1.12 bits per heavy atom. The van der Waals surface area contributed by atoms with Crippen LogP contribution in [0.3, 0.4) is 0 Å². The van der Waals surface area contributed by atoms with Gasteiger partial charge in [-0.15, -0.1) is 11.8 Å². The van der Waals surface area contributed by atoms with Crippen molar-refractivity contribution < 1.29 is 14.3 Å². The van der Waals surface area contributed by atoms with Crippen LogP contribution in [0.5, 0.6) is 0 Å². The third kappa shape index (κ3) is 6.11. The third-order valence-electron chi connectivity index (χ3n) is 3.55. The van der Waals surface area contributed by atoms with Crippen molar-refractivity contribution in [3.05, 3.63) is 65.2 Å². The van der Waals surface area contributed by atoms with Gasteiger partial charge in [0.05, 0.1) is 12.4 Å². The van der Waals surface area contributed by atoms with Gasteiger partial charge in [-0.2, -0.15) is 0 Å². The van der Waals surface area contributed by atoms with Crippen molar-refractivity contribution in [2.45, 2.75) is 23.6 Å². The first-order chi connectivity index (χ1) is 12.0. The lowest BCUT2D eigenvalue weighted by molar-refractivity contribution is -0.147. The molecule has 1 amide bonds. The summed E-state index contributed by atoms with van der Waals surface area (Å²) < 4.78 is 4.73. The number of rotatable bonds is 7. The van der Waals surface area contributed by atoms with Crippen LogP contribution in [0.4, 0.5) is 0 Å². The molecule has 4 nitrogen and oxygen atoms in total. The van der Waals surface area contributed by atoms with Crippen LogP contribution in [-0.4, -0.2) is 35.7 Å². The number of amides is 1. The second-order valence-corrected chi connectivity index (χ2v) is 7.32. The van der Waals surface area contributed by atoms with E-state index in [9.17, 15) is 9.59 Å². The Balaban J connectivity index is 2.09. The molecule has 0 spiro atoms. The van der Waals surface area contributed by atoms with E-state index >= 15 is 0 Å². The number of halogens is 1. The van der Waals surface area contributed by atoms with Gasteiger partial charge >= 0.3 is 5.97 Å². The number of esters is 1. The average Bonchev–Trinajstić information content (AvgIpc) is 2.63. The molecule has 6 heteroatoms. The van der Waals surface area contributed by atoms with E-state index in [4.69, 9.17) is 16.3 Å². The molecule has 2 aromatic rings. The maximum absolute atomic E-state index is 12.8. The number of ether oxygens (including phenoxy) is 1. The fraction of sp³-hybridized carbons (Fsp3) is 0.263. The molecule has 0 heterocycles. The minimum atomic E-state index is -0.437. The van der Waals surface area contributed by atoms with Crippen LogP contribution in [-0.2, 0) is 20.9 Å². The van der Waals surface area contributed by atoms with E-state index in [0.717, 1.165) is 10.5 Å². The number of methoxy groups -OCH3 is 1. The highest BCUT2D eigenvalue weighted by molar-refractivity contribution is 8.00. The first kappa shape index (κ1) is 19.3. The first-order valence-electron chi connectivity index (χ1n) is 7.81. The molecule has 0 N–H and O–H groups in total. The van der Waals surface area contributed by atoms with Crippen LogP contribution >= 0.6 is 23.4 Å². The summed E-state index contributed by atoms with van der Waals surface area (Å²) in [4.78, 5) is 27.0. The van der Waals surface area contributed by atoms with Crippen molar-refractivity contribution in [2.24, 2.45) is 0 Å². The Bertz CT molecular complexity index is 706. The molecular formula is C19H20ClNO3S. The van der Waals surface area contributed by atoms with Crippen molar-refractivity contribution in [1.29, 1.82) is 0 Å². The van der Waals surface area contributed by atoms with E-state index in [2.05, 4.69) is 0 Å². The van der Waals surface area contributed by atoms with Gasteiger partial charge in [-0.05, 0) is 36.8 Å². The maximum atomic E-state index is 12.8. The molecule has 0 saturated carbocycles. The van der Waals surface area contributed by atoms with E-state index < -0.39 is 5.97 Å². The standard InChI is InChI=1S/C19H20ClNO3S/c1-14(25-17-10-8-16(20)9-11-17)19(23)21(13-18(22)24-2)12-15-6-4-3-5-7-15/h3-11,14H,12-13H2,1-2H3. The predicted octanol–water partition coefficient (Wildman–Crippen LogP) is 4.02. The lowest BCUT2D eigenvalue weighted by atomic mass is 10.2. The SMILES string of the molecule is COC(=O)CN(Cc1ccccc1)C(=O)C(C)Sc1ccc(Cl)cc1. The molecule has 0 aliphatic rings. The topological polar surface area (TPSA) is 46.6 Å². The van der Waals surface area contributed by atoms with Gasteiger partial charge in [-0.1, -0.05) is 41.9 Å². The summed E-state index contributed by atoms with van der Waals surface area (Å²) in [6.07, 6.45) is 0. The zero-order chi connectivity index (χ0) is 18.2. The van der Waals surface area contributed by atoms with Gasteiger partial charge in [0.1, 0.15) is 6.54 Å². The first-order valence-corrected chi connectivity index (χ1v) is 9.07. The average molecular weight is 378 g/mol. The van der Waals surface area contributed by atoms with Gasteiger partial charge in [0.15, 0.2) is 0 Å². The summed E-state index contributed by atoms with van der Waals surface area (Å²) in [7, 11) is 1.32. The molecule has 0 saturated heterocycles. The fourth-order valence-corrected chi connectivity index (χ4v) is 3.34. The van der Waals surface area contributed by atoms with Crippen LogP contribution in [0.15, 0.2) is 59.5 Å². The molecule has 2 rings (SSSR count). The molecule has 0 aliphatic carbocycles. The molecule has 1 unspecified atom stereocenters. The largest absolute Gasteiger partial charge is 0.468 e. The minimum absolute atomic E-state index is 0.0737. The molecule has 1 atom stereocenters. The van der Waals surface area contributed by atoms with E-state index in [1.54, 1.807) is 12.1 Å². The smallest absolute Gasteiger partial charge is 0.325 e. The zero-order valence-electron chi connectivity index (χ0n) is 14.1. The Morgan fingerprint density at radius 2 is 1.76 bits per heavy atom. The van der Waals surface area contributed by atoms with Gasteiger partial charge in [0.25, 0.3) is 0 Å². The second-order valence-electron chi connectivity index (χ2n) is 5.47. The zero-order valence-corrected chi connectivity index (χ0v) is 15.7. The molecule has 0 aromatic heterocycles. The second kappa shape index (κ2) is 9.49. The van der Waals surface area contributed by atoms with Gasteiger partial charge in [-0.3, -0.25) is 9.59 Å². The Kier molecular flexibility index (Phi) is 7.34. The number of hydrogen-bond donors (Lipinski definition) is 0. The number of nitrogens with zero attached hydrogens (tertiary/aromatic N) is 1. The Hall–Kier alpha value is -1.98. The third-order valence-corrected chi connectivity index (χ3v) is 4.90. The number of carbonyl (C=O) groups excluding carboxylic acids is 2. The minimum Gasteiger partial charge on any atom is -0.468 e. The number of hydrogen-bond acceptors (Lipinski definition) is 4. The number of carbonyl (C=O) groups is 2.